The second kappa shape index (κ2) is 12.0. The van der Waals surface area contributed by atoms with Crippen molar-refractivity contribution in [3.63, 3.8) is 0 Å². The van der Waals surface area contributed by atoms with E-state index in [0.717, 1.165) is 24.6 Å². The number of benzene rings is 1. The van der Waals surface area contributed by atoms with Crippen molar-refractivity contribution in [3.8, 4) is 0 Å². The molecule has 2 unspecified atom stereocenters. The van der Waals surface area contributed by atoms with E-state index in [1.807, 2.05) is 0 Å². The molecular weight excluding hydrogens is 578 g/mol. The molecule has 0 saturated heterocycles. The number of para-hydroxylation sites is 1. The quantitative estimate of drug-likeness (QED) is 0.239. The fourth-order valence-electron chi connectivity index (χ4n) is 7.08. The lowest BCUT2D eigenvalue weighted by Crippen LogP contribution is -2.48. The van der Waals surface area contributed by atoms with Gasteiger partial charge in [0.25, 0.3) is 17.4 Å². The smallest absolute Gasteiger partial charge is 0.287 e. The van der Waals surface area contributed by atoms with E-state index < -0.39 is 41.5 Å². The largest absolute Gasteiger partial charge is 0.451 e. The van der Waals surface area contributed by atoms with Gasteiger partial charge in [-0.3, -0.25) is 28.8 Å². The van der Waals surface area contributed by atoms with Crippen LogP contribution in [0, 0.1) is 23.7 Å². The first-order valence-corrected chi connectivity index (χ1v) is 15.1. The van der Waals surface area contributed by atoms with Crippen LogP contribution in [-0.4, -0.2) is 46.1 Å². The average Bonchev–Trinajstić information content (AvgIpc) is 3.51. The van der Waals surface area contributed by atoms with Crippen LogP contribution >= 0.6 is 0 Å². The third kappa shape index (κ3) is 5.88. The molecule has 5 rings (SSSR count). The summed E-state index contributed by atoms with van der Waals surface area (Å²) in [6.45, 7) is 8.19. The molecule has 45 heavy (non-hydrogen) atoms. The first-order chi connectivity index (χ1) is 21.2. The van der Waals surface area contributed by atoms with Gasteiger partial charge in [-0.25, -0.2) is 0 Å². The number of nitrogens with zero attached hydrogens (tertiary/aromatic N) is 1. The predicted molar refractivity (Wildman–Crippen MR) is 166 cm³/mol. The summed E-state index contributed by atoms with van der Waals surface area (Å²) in [4.78, 5) is 76.2. The van der Waals surface area contributed by atoms with Gasteiger partial charge in [0, 0.05) is 29.6 Å². The van der Waals surface area contributed by atoms with Gasteiger partial charge in [-0.05, 0) is 67.6 Å². The SMILES string of the molecule is Cc1c(C(=O)N[C@@H](CCC(=O)C(N)=O)C(=O)Nc2cccn(CC(=O)NC3CC4CC[C@]3(C)C4(C)C)c2=O)oc2ccccc12. The molecule has 12 nitrogen and oxygen atoms in total. The van der Waals surface area contributed by atoms with Gasteiger partial charge < -0.3 is 30.7 Å². The summed E-state index contributed by atoms with van der Waals surface area (Å²) in [5, 5.41) is 8.93. The lowest BCUT2D eigenvalue weighted by Gasteiger charge is -2.39. The van der Waals surface area contributed by atoms with Crippen molar-refractivity contribution in [2.75, 3.05) is 5.32 Å². The van der Waals surface area contributed by atoms with Crippen molar-refractivity contribution in [2.45, 2.75) is 78.4 Å². The van der Waals surface area contributed by atoms with Crippen molar-refractivity contribution in [3.05, 3.63) is 64.3 Å². The number of rotatable bonds is 11. The van der Waals surface area contributed by atoms with Gasteiger partial charge >= 0.3 is 0 Å². The Balaban J connectivity index is 1.29. The second-order valence-corrected chi connectivity index (χ2v) is 13.0. The number of hydrogen-bond donors (Lipinski definition) is 4. The van der Waals surface area contributed by atoms with Gasteiger partial charge in [0.2, 0.25) is 17.6 Å². The molecular formula is C33H39N5O7. The number of carbonyl (C=O) groups excluding carboxylic acids is 5. The number of aryl methyl sites for hydroxylation is 1. The lowest BCUT2D eigenvalue weighted by atomic mass is 9.69. The van der Waals surface area contributed by atoms with E-state index in [9.17, 15) is 28.8 Å². The Kier molecular flexibility index (Phi) is 8.43. The van der Waals surface area contributed by atoms with Crippen molar-refractivity contribution < 1.29 is 28.4 Å². The number of aromatic nitrogens is 1. The molecule has 0 spiro atoms. The summed E-state index contributed by atoms with van der Waals surface area (Å²) in [6.07, 6.45) is 3.87. The molecule has 4 amide bonds. The highest BCUT2D eigenvalue weighted by Gasteiger charge is 2.61. The maximum absolute atomic E-state index is 13.4. The number of carbonyl (C=O) groups is 5. The molecule has 0 radical (unpaired) electrons. The van der Waals surface area contributed by atoms with Crippen LogP contribution in [0.5, 0.6) is 0 Å². The third-order valence-electron chi connectivity index (χ3n) is 10.3. The second-order valence-electron chi connectivity index (χ2n) is 13.0. The van der Waals surface area contributed by atoms with Gasteiger partial charge in [-0.1, -0.05) is 39.0 Å². The van der Waals surface area contributed by atoms with Crippen LogP contribution in [0.15, 0.2) is 51.8 Å². The Morgan fingerprint density at radius 2 is 1.82 bits per heavy atom. The molecule has 2 fully saturated rings. The molecule has 2 aliphatic carbocycles. The van der Waals surface area contributed by atoms with Gasteiger partial charge in [-0.2, -0.15) is 0 Å². The van der Waals surface area contributed by atoms with E-state index in [2.05, 4.69) is 36.7 Å². The minimum absolute atomic E-state index is 0.0141. The molecule has 5 N–H and O–H groups in total. The molecule has 2 aromatic heterocycles. The van der Waals surface area contributed by atoms with Gasteiger partial charge in [0.1, 0.15) is 23.9 Å². The predicted octanol–water partition coefficient (Wildman–Crippen LogP) is 2.81. The molecule has 4 atom stereocenters. The molecule has 3 aromatic rings. The number of nitrogens with one attached hydrogen (secondary N) is 3. The van der Waals surface area contributed by atoms with Crippen molar-refractivity contribution in [1.82, 2.24) is 15.2 Å². The van der Waals surface area contributed by atoms with Gasteiger partial charge in [0.05, 0.1) is 0 Å². The lowest BCUT2D eigenvalue weighted by molar-refractivity contribution is -0.136. The molecule has 2 aliphatic rings. The number of pyridine rings is 1. The number of amides is 4. The van der Waals surface area contributed by atoms with Crippen LogP contribution in [0.4, 0.5) is 5.69 Å². The number of hydrogen-bond acceptors (Lipinski definition) is 7. The summed E-state index contributed by atoms with van der Waals surface area (Å²) in [5.41, 5.74) is 5.47. The molecule has 2 bridgehead atoms. The highest BCUT2D eigenvalue weighted by molar-refractivity contribution is 6.35. The van der Waals surface area contributed by atoms with E-state index >= 15 is 0 Å². The number of primary amides is 1. The Bertz CT molecular complexity index is 1760. The zero-order chi connectivity index (χ0) is 32.7. The first kappa shape index (κ1) is 31.7. The summed E-state index contributed by atoms with van der Waals surface area (Å²) in [5.74, 6) is -3.37. The van der Waals surface area contributed by atoms with Crippen LogP contribution in [0.1, 0.15) is 69.0 Å². The minimum Gasteiger partial charge on any atom is -0.451 e. The molecule has 238 valence electrons. The van der Waals surface area contributed by atoms with E-state index in [1.165, 1.54) is 22.9 Å². The fourth-order valence-corrected chi connectivity index (χ4v) is 7.08. The van der Waals surface area contributed by atoms with Gasteiger partial charge in [0.15, 0.2) is 5.76 Å². The summed E-state index contributed by atoms with van der Waals surface area (Å²) in [7, 11) is 0. The van der Waals surface area contributed by atoms with Crippen LogP contribution in [0.25, 0.3) is 11.0 Å². The number of fused-ring (bicyclic) bond motifs is 3. The Morgan fingerprint density at radius 3 is 2.47 bits per heavy atom. The number of furan rings is 1. The first-order valence-electron chi connectivity index (χ1n) is 15.1. The normalized spacial score (nSPS) is 22.1. The van der Waals surface area contributed by atoms with Crippen molar-refractivity contribution in [1.29, 1.82) is 0 Å². The van der Waals surface area contributed by atoms with E-state index in [-0.39, 0.29) is 47.2 Å². The van der Waals surface area contributed by atoms with Crippen LogP contribution in [0.2, 0.25) is 0 Å². The molecule has 0 aliphatic heterocycles. The summed E-state index contributed by atoms with van der Waals surface area (Å²) >= 11 is 0. The topological polar surface area (TPSA) is 183 Å². The molecule has 1 aromatic carbocycles. The van der Waals surface area contributed by atoms with Crippen LogP contribution in [0.3, 0.4) is 0 Å². The highest BCUT2D eigenvalue weighted by Crippen LogP contribution is 2.65. The van der Waals surface area contributed by atoms with Crippen molar-refractivity contribution >= 4 is 46.1 Å². The van der Waals surface area contributed by atoms with Crippen LogP contribution < -0.4 is 27.2 Å². The minimum atomic E-state index is -1.33. The molecule has 12 heteroatoms. The zero-order valence-corrected chi connectivity index (χ0v) is 25.9. The number of ketones is 1. The van der Waals surface area contributed by atoms with E-state index in [4.69, 9.17) is 10.2 Å². The van der Waals surface area contributed by atoms with E-state index in [0.29, 0.717) is 17.1 Å². The van der Waals surface area contributed by atoms with E-state index in [1.54, 1.807) is 31.2 Å². The monoisotopic (exact) mass is 617 g/mol. The average molecular weight is 618 g/mol. The third-order valence-corrected chi connectivity index (χ3v) is 10.3. The zero-order valence-electron chi connectivity index (χ0n) is 25.9. The Morgan fingerprint density at radius 1 is 1.09 bits per heavy atom. The Hall–Kier alpha value is -4.74. The number of nitrogens with two attached hydrogens (primary N) is 1. The van der Waals surface area contributed by atoms with Crippen molar-refractivity contribution in [2.24, 2.45) is 22.5 Å². The number of Topliss-reactive ketones (excluding diaryl/α,β-unsaturated/α-hetero) is 1. The van der Waals surface area contributed by atoms with Gasteiger partial charge in [-0.15, -0.1) is 0 Å². The number of anilines is 1. The maximum atomic E-state index is 13.4. The molecule has 2 saturated carbocycles. The standard InChI is InChI=1S/C33H39N5O7/c1-18-20-8-5-6-10-24(20)45-27(18)30(43)35-21(11-12-23(39)28(34)41)29(42)36-22-9-7-15-38(31(22)44)17-26(40)37-25-16-19-13-14-33(25,4)32(19,2)3/h5-10,15,19,21,25H,11-14,16-17H2,1-4H3,(H2,34,41)(H,35,43)(H,36,42)(H,37,40)/t19?,21-,25?,33-/m0/s1. The maximum Gasteiger partial charge on any atom is 0.287 e. The van der Waals surface area contributed by atoms with Crippen LogP contribution in [-0.2, 0) is 25.7 Å². The highest BCUT2D eigenvalue weighted by atomic mass is 16.3. The molecule has 2 heterocycles. The fraction of sp³-hybridized carbons (Fsp3) is 0.455. The summed E-state index contributed by atoms with van der Waals surface area (Å²) in [6, 6.07) is 8.64. The summed E-state index contributed by atoms with van der Waals surface area (Å²) < 4.78 is 6.90. The Labute approximate surface area is 260 Å².